The van der Waals surface area contributed by atoms with Crippen LogP contribution in [-0.2, 0) is 0 Å². The molecule has 576 valence electrons. The van der Waals surface area contributed by atoms with Gasteiger partial charge in [-0.05, 0) is 184 Å². The summed E-state index contributed by atoms with van der Waals surface area (Å²) in [4.78, 5) is 74.3. The Kier molecular flexibility index (Phi) is 24.3. The first-order chi connectivity index (χ1) is 54.0. The molecule has 0 unspecified atom stereocenters. The molecule has 27 heteroatoms. The van der Waals surface area contributed by atoms with Gasteiger partial charge in [-0.2, -0.15) is 0 Å². The highest BCUT2D eigenvalue weighted by molar-refractivity contribution is 5.72. The monoisotopic (exact) mass is 1510 g/mol. The van der Waals surface area contributed by atoms with Gasteiger partial charge in [0.05, 0.1) is 91.0 Å². The number of piperazine rings is 2. The van der Waals surface area contributed by atoms with Gasteiger partial charge in [-0.1, -0.05) is 12.1 Å². The molecular formula is C84H91FN14O12. The maximum atomic E-state index is 14.3. The molecule has 4 N–H and O–H groups in total. The second-order valence-corrected chi connectivity index (χ2v) is 27.1. The third-order valence-corrected chi connectivity index (χ3v) is 20.1. The van der Waals surface area contributed by atoms with Gasteiger partial charge in [0.15, 0.2) is 51.8 Å². The van der Waals surface area contributed by atoms with Crippen LogP contribution in [0.4, 0.5) is 15.8 Å². The average Bonchev–Trinajstić information content (AvgIpc) is 0.797. The second-order valence-electron chi connectivity index (χ2n) is 27.1. The van der Waals surface area contributed by atoms with Crippen molar-refractivity contribution in [2.45, 2.75) is 45.1 Å². The quantitative estimate of drug-likeness (QED) is 0.0701. The number of anilines is 2. The van der Waals surface area contributed by atoms with Crippen LogP contribution in [0.15, 0.2) is 184 Å². The van der Waals surface area contributed by atoms with Crippen molar-refractivity contribution < 1.29 is 42.3 Å². The summed E-state index contributed by atoms with van der Waals surface area (Å²) in [6.07, 6.45) is 12.8. The zero-order valence-electron chi connectivity index (χ0n) is 63.9. The van der Waals surface area contributed by atoms with Gasteiger partial charge >= 0.3 is 0 Å². The van der Waals surface area contributed by atoms with E-state index in [1.54, 1.807) is 92.4 Å². The molecule has 4 aliphatic rings. The minimum Gasteiger partial charge on any atom is -0.493 e. The molecule has 0 spiro atoms. The molecule has 12 aromatic rings. The van der Waals surface area contributed by atoms with Crippen molar-refractivity contribution in [2.75, 3.05) is 139 Å². The first kappa shape index (κ1) is 77.0. The molecule has 0 saturated carbocycles. The van der Waals surface area contributed by atoms with E-state index >= 15 is 0 Å². The summed E-state index contributed by atoms with van der Waals surface area (Å²) in [6.45, 7) is 14.4. The lowest BCUT2D eigenvalue weighted by molar-refractivity contribution is 0.338. The lowest BCUT2D eigenvalue weighted by atomic mass is 9.91. The number of ether oxygens (including phenoxy) is 8. The number of aromatic nitrogens is 8. The van der Waals surface area contributed by atoms with Crippen molar-refractivity contribution >= 4 is 39.5 Å². The number of methoxy groups -OCH3 is 8. The molecule has 26 nitrogen and oxygen atoms in total. The predicted molar refractivity (Wildman–Crippen MR) is 430 cm³/mol. The number of nitrogens with zero attached hydrogens (tertiary/aromatic N) is 10. The number of pyridine rings is 4. The van der Waals surface area contributed by atoms with Gasteiger partial charge in [0, 0.05) is 130 Å². The molecule has 0 radical (unpaired) electrons. The van der Waals surface area contributed by atoms with Crippen molar-refractivity contribution in [1.29, 1.82) is 0 Å². The summed E-state index contributed by atoms with van der Waals surface area (Å²) in [5.74, 6) is 3.91. The number of nitrogens with one attached hydrogen (secondary N) is 4. The normalized spacial score (nSPS) is 15.1. The molecule has 0 aliphatic carbocycles. The van der Waals surface area contributed by atoms with E-state index in [0.717, 1.165) is 130 Å². The summed E-state index contributed by atoms with van der Waals surface area (Å²) >= 11 is 0. The molecule has 16 rings (SSSR count). The fraction of sp³-hybridized carbons (Fsp3) is 0.310. The maximum Gasteiger partial charge on any atom is 0.258 e. The van der Waals surface area contributed by atoms with E-state index in [4.69, 9.17) is 42.9 Å². The predicted octanol–water partition coefficient (Wildman–Crippen LogP) is 10.0. The number of hydrogen-bond acceptors (Lipinski definition) is 22. The first-order valence-corrected chi connectivity index (χ1v) is 36.8. The molecule has 4 aromatic carbocycles. The van der Waals surface area contributed by atoms with Crippen LogP contribution in [0.5, 0.6) is 46.0 Å². The number of hydrogen-bond donors (Lipinski definition) is 4. The Morgan fingerprint density at radius 1 is 0.414 bits per heavy atom. The van der Waals surface area contributed by atoms with Gasteiger partial charge in [-0.25, -0.2) is 24.3 Å². The number of rotatable bonds is 16. The SMILES string of the molecule is COc1cc(-c2cc(=O)n3cc(N4CCNCC4)ccc3n2)cc(F)c1OC.COc1ccc(-c2cc(=O)n3cc(C4=CCNCC4)ccc3n2)cc1OC.COc1ccc(-c2cc(=O)n3cc(C4CCNCC4)ccc3n2)cc1OC.COc1ccc(-c2cc(=O)n3cc(N4CCN[C@@H](C)C4)cc(C)c3n2)cc1OC. The van der Waals surface area contributed by atoms with Crippen molar-refractivity contribution in [1.82, 2.24) is 58.8 Å². The van der Waals surface area contributed by atoms with E-state index in [-0.39, 0.29) is 33.7 Å². The fourth-order valence-electron chi connectivity index (χ4n) is 14.2. The Labute approximate surface area is 640 Å². The Morgan fingerprint density at radius 2 is 0.883 bits per heavy atom. The Morgan fingerprint density at radius 3 is 1.41 bits per heavy atom. The average molecular weight is 1510 g/mol. The summed E-state index contributed by atoms with van der Waals surface area (Å²) in [6, 6.07) is 39.8. The molecular weight excluding hydrogens is 1420 g/mol. The van der Waals surface area contributed by atoms with Gasteiger partial charge in [0.2, 0.25) is 0 Å². The summed E-state index contributed by atoms with van der Waals surface area (Å²) in [7, 11) is 12.4. The van der Waals surface area contributed by atoms with Gasteiger partial charge in [0.25, 0.3) is 22.2 Å². The number of fused-ring (bicyclic) bond motifs is 4. The number of piperidine rings is 1. The largest absolute Gasteiger partial charge is 0.493 e. The molecule has 4 aliphatic heterocycles. The summed E-state index contributed by atoms with van der Waals surface area (Å²) in [5.41, 5.74) is 13.5. The van der Waals surface area contributed by atoms with Gasteiger partial charge in [-0.3, -0.25) is 36.8 Å². The van der Waals surface area contributed by atoms with Crippen molar-refractivity contribution in [3.8, 4) is 91.0 Å². The van der Waals surface area contributed by atoms with Crippen molar-refractivity contribution in [2.24, 2.45) is 0 Å². The van der Waals surface area contributed by atoms with Crippen LogP contribution in [0.1, 0.15) is 48.8 Å². The number of aryl methyl sites for hydroxylation is 1. The Hall–Kier alpha value is -12.2. The third-order valence-electron chi connectivity index (χ3n) is 20.1. The topological polar surface area (TPSA) is 266 Å². The molecule has 0 amide bonds. The van der Waals surface area contributed by atoms with Crippen LogP contribution >= 0.6 is 0 Å². The molecule has 3 fully saturated rings. The highest BCUT2D eigenvalue weighted by atomic mass is 19.1. The van der Waals surface area contributed by atoms with E-state index in [1.165, 1.54) is 41.9 Å². The zero-order chi connectivity index (χ0) is 77.8. The number of halogens is 1. The summed E-state index contributed by atoms with van der Waals surface area (Å²) in [5, 5.41) is 13.4. The molecule has 0 bridgehead atoms. The molecule has 3 saturated heterocycles. The standard InChI is InChI=1S/C22H26N4O3.C21H23N3O3.C21H21N3O3.C20H21FN4O3/c1-14-9-17(25-8-7-23-15(2)12-25)13-26-21(27)11-18(24-22(14)26)16-5-6-19(28-3)20(10-16)29-4;2*1-26-18-5-3-15(11-19(18)27-2)17-12-21(25)24-13-16(4-6-20(24)23-17)14-7-9-22-10-8-14;1-27-17-10-13(9-15(21)20(17)28-2)16-11-19(26)25-12-14(3-4-18(25)23-16)24-7-5-22-6-8-24/h5-6,9-11,13,15,23H,7-8,12H2,1-4H3;3-6,11-14,22H,7-10H2,1-2H3;3-7,11-13,22H,8-10H2,1-2H3;3-4,9-12,22H,5-8H2,1-2H3/t15-;;;/m0.../s1. The van der Waals surface area contributed by atoms with E-state index in [0.29, 0.717) is 97.4 Å². The van der Waals surface area contributed by atoms with E-state index in [1.807, 2.05) is 104 Å². The third kappa shape index (κ3) is 17.3. The molecule has 1 atom stereocenters. The van der Waals surface area contributed by atoms with E-state index < -0.39 is 5.82 Å². The number of benzene rings is 4. The highest BCUT2D eigenvalue weighted by Gasteiger charge is 2.23. The van der Waals surface area contributed by atoms with Crippen molar-refractivity contribution in [3.05, 3.63) is 228 Å². The Balaban J connectivity index is 0.000000130. The highest BCUT2D eigenvalue weighted by Crippen LogP contribution is 2.38. The van der Waals surface area contributed by atoms with Gasteiger partial charge < -0.3 is 69.0 Å². The van der Waals surface area contributed by atoms with Crippen LogP contribution < -0.4 is 91.2 Å². The van der Waals surface area contributed by atoms with Gasteiger partial charge in [0.1, 0.15) is 22.6 Å². The maximum absolute atomic E-state index is 14.3. The molecule has 111 heavy (non-hydrogen) atoms. The van der Waals surface area contributed by atoms with Gasteiger partial charge in [-0.15, -0.1) is 0 Å². The van der Waals surface area contributed by atoms with Crippen LogP contribution in [0, 0.1) is 12.7 Å². The van der Waals surface area contributed by atoms with Crippen molar-refractivity contribution in [3.63, 3.8) is 0 Å². The van der Waals surface area contributed by atoms with Crippen LogP contribution in [0.2, 0.25) is 0 Å². The van der Waals surface area contributed by atoms with Crippen LogP contribution in [0.25, 0.3) is 73.2 Å². The summed E-state index contributed by atoms with van der Waals surface area (Å²) < 4.78 is 62.9. The fourth-order valence-corrected chi connectivity index (χ4v) is 14.2. The van der Waals surface area contributed by atoms with E-state index in [2.05, 4.69) is 71.2 Å². The molecule has 12 heterocycles. The minimum atomic E-state index is -0.576. The smallest absolute Gasteiger partial charge is 0.258 e. The lowest BCUT2D eigenvalue weighted by Crippen LogP contribution is -2.49. The zero-order valence-corrected chi connectivity index (χ0v) is 63.9. The van der Waals surface area contributed by atoms with Crippen LogP contribution in [-0.4, -0.2) is 172 Å². The lowest BCUT2D eigenvalue weighted by Gasteiger charge is -2.33. The van der Waals surface area contributed by atoms with E-state index in [9.17, 15) is 23.6 Å². The second kappa shape index (κ2) is 35.0. The van der Waals surface area contributed by atoms with Crippen LogP contribution in [0.3, 0.4) is 0 Å². The first-order valence-electron chi connectivity index (χ1n) is 36.8. The Bertz CT molecular complexity index is 5680. The minimum absolute atomic E-state index is 0.0180. The molecule has 8 aromatic heterocycles.